The van der Waals surface area contributed by atoms with E-state index < -0.39 is 0 Å². The third kappa shape index (κ3) is 1.38. The molecule has 1 heterocycles. The summed E-state index contributed by atoms with van der Waals surface area (Å²) in [6, 6.07) is 1.67. The third-order valence-electron chi connectivity index (χ3n) is 1.48. The van der Waals surface area contributed by atoms with Crippen molar-refractivity contribution in [2.75, 3.05) is 0 Å². The van der Waals surface area contributed by atoms with E-state index in [-0.39, 0.29) is 5.91 Å². The number of nitrogens with zero attached hydrogens (tertiary/aromatic N) is 2. The summed E-state index contributed by atoms with van der Waals surface area (Å²) in [5.41, 5.74) is 3.27. The van der Waals surface area contributed by atoms with Crippen molar-refractivity contribution >= 4 is 5.91 Å². The summed E-state index contributed by atoms with van der Waals surface area (Å²) >= 11 is 0. The van der Waals surface area contributed by atoms with E-state index in [0.29, 0.717) is 5.69 Å². The zero-order chi connectivity index (χ0) is 8.43. The first kappa shape index (κ1) is 7.74. The number of carbonyl (C=O) groups is 1. The summed E-state index contributed by atoms with van der Waals surface area (Å²) in [5, 5.41) is 3.91. The van der Waals surface area contributed by atoms with Gasteiger partial charge in [0.05, 0.1) is 0 Å². The summed E-state index contributed by atoms with van der Waals surface area (Å²) in [6.07, 6.45) is 0. The van der Waals surface area contributed by atoms with Crippen LogP contribution in [0.4, 0.5) is 0 Å². The average molecular weight is 154 g/mol. The van der Waals surface area contributed by atoms with Crippen molar-refractivity contribution in [2.45, 2.75) is 6.92 Å². The van der Waals surface area contributed by atoms with Crippen LogP contribution in [0.5, 0.6) is 0 Å². The highest BCUT2D eigenvalue weighted by Crippen LogP contribution is 1.99. The molecule has 1 amide bonds. The Labute approximate surface area is 64.2 Å². The summed E-state index contributed by atoms with van der Waals surface area (Å²) in [4.78, 5) is 10.9. The molecule has 0 atom stereocenters. The maximum Gasteiger partial charge on any atom is 0.285 e. The maximum atomic E-state index is 10.9. The van der Waals surface area contributed by atoms with E-state index in [2.05, 4.69) is 5.10 Å². The van der Waals surface area contributed by atoms with Crippen LogP contribution in [0, 0.1) is 6.92 Å². The van der Waals surface area contributed by atoms with Crippen LogP contribution in [-0.2, 0) is 7.05 Å². The first-order valence-corrected chi connectivity index (χ1v) is 3.16. The fourth-order valence-electron chi connectivity index (χ4n) is 0.746. The normalized spacial score (nSPS) is 9.73. The molecule has 0 saturated heterocycles. The Bertz CT molecular complexity index is 259. The predicted molar refractivity (Wildman–Crippen MR) is 39.6 cm³/mol. The second-order valence-corrected chi connectivity index (χ2v) is 2.27. The lowest BCUT2D eigenvalue weighted by molar-refractivity contribution is 0.0948. The molecular formula is C6H10N4O. The van der Waals surface area contributed by atoms with Crippen molar-refractivity contribution in [3.63, 3.8) is 0 Å². The van der Waals surface area contributed by atoms with Crippen LogP contribution >= 0.6 is 0 Å². The smallest absolute Gasteiger partial charge is 0.285 e. The number of nitrogens with two attached hydrogens (primary N) is 1. The molecule has 5 heteroatoms. The van der Waals surface area contributed by atoms with Gasteiger partial charge in [-0.2, -0.15) is 5.10 Å². The molecule has 0 spiro atoms. The molecule has 0 aromatic carbocycles. The van der Waals surface area contributed by atoms with Gasteiger partial charge in [-0.1, -0.05) is 0 Å². The molecule has 0 bridgehead atoms. The van der Waals surface area contributed by atoms with Gasteiger partial charge in [-0.3, -0.25) is 14.9 Å². The van der Waals surface area contributed by atoms with E-state index in [9.17, 15) is 4.79 Å². The van der Waals surface area contributed by atoms with Gasteiger partial charge in [0.25, 0.3) is 5.91 Å². The highest BCUT2D eigenvalue weighted by molar-refractivity contribution is 5.91. The van der Waals surface area contributed by atoms with Gasteiger partial charge in [-0.15, -0.1) is 0 Å². The van der Waals surface area contributed by atoms with Crippen LogP contribution in [-0.4, -0.2) is 15.7 Å². The summed E-state index contributed by atoms with van der Waals surface area (Å²) in [5.74, 6) is 4.55. The first-order valence-electron chi connectivity index (χ1n) is 3.16. The highest BCUT2D eigenvalue weighted by Gasteiger charge is 2.07. The van der Waals surface area contributed by atoms with Gasteiger partial charge < -0.3 is 0 Å². The van der Waals surface area contributed by atoms with Gasteiger partial charge in [0.1, 0.15) is 0 Å². The zero-order valence-electron chi connectivity index (χ0n) is 6.46. The third-order valence-corrected chi connectivity index (χ3v) is 1.48. The maximum absolute atomic E-state index is 10.9. The summed E-state index contributed by atoms with van der Waals surface area (Å²) in [6.45, 7) is 1.86. The number of carbonyl (C=O) groups excluding carboxylic acids is 1. The van der Waals surface area contributed by atoms with E-state index in [1.54, 1.807) is 17.8 Å². The minimum Gasteiger partial charge on any atom is -0.289 e. The van der Waals surface area contributed by atoms with Gasteiger partial charge in [0, 0.05) is 12.7 Å². The minimum atomic E-state index is -0.367. The summed E-state index contributed by atoms with van der Waals surface area (Å²) < 4.78 is 1.62. The Hall–Kier alpha value is -1.36. The predicted octanol–water partition coefficient (Wildman–Crippen LogP) is -0.668. The summed E-state index contributed by atoms with van der Waals surface area (Å²) in [7, 11) is 1.77. The quantitative estimate of drug-likeness (QED) is 0.320. The molecule has 1 aromatic rings. The van der Waals surface area contributed by atoms with Crippen molar-refractivity contribution in [3.8, 4) is 0 Å². The molecule has 0 fully saturated rings. The Morgan fingerprint density at radius 2 is 2.45 bits per heavy atom. The minimum absolute atomic E-state index is 0.340. The van der Waals surface area contributed by atoms with Crippen molar-refractivity contribution in [2.24, 2.45) is 12.9 Å². The molecule has 1 rings (SSSR count). The number of nitrogen functional groups attached to an aromatic ring is 1. The lowest BCUT2D eigenvalue weighted by Crippen LogP contribution is -2.30. The topological polar surface area (TPSA) is 72.9 Å². The fourth-order valence-corrected chi connectivity index (χ4v) is 0.746. The van der Waals surface area contributed by atoms with Gasteiger partial charge in [-0.05, 0) is 13.0 Å². The van der Waals surface area contributed by atoms with Crippen LogP contribution in [0.3, 0.4) is 0 Å². The molecule has 0 aliphatic carbocycles. The van der Waals surface area contributed by atoms with Crippen molar-refractivity contribution < 1.29 is 4.79 Å². The molecule has 0 unspecified atom stereocenters. The molecule has 1 aromatic heterocycles. The largest absolute Gasteiger partial charge is 0.289 e. The van der Waals surface area contributed by atoms with E-state index in [4.69, 9.17) is 5.84 Å². The van der Waals surface area contributed by atoms with Crippen LogP contribution in [0.2, 0.25) is 0 Å². The van der Waals surface area contributed by atoms with Crippen molar-refractivity contribution in [1.29, 1.82) is 0 Å². The number of aromatic nitrogens is 2. The zero-order valence-corrected chi connectivity index (χ0v) is 6.46. The number of rotatable bonds is 1. The molecule has 11 heavy (non-hydrogen) atoms. The van der Waals surface area contributed by atoms with Crippen LogP contribution in [0.15, 0.2) is 6.07 Å². The molecule has 0 radical (unpaired) electrons. The fraction of sp³-hybridized carbons (Fsp3) is 0.333. The van der Waals surface area contributed by atoms with E-state index in [1.165, 1.54) is 0 Å². The number of hydrogen-bond acceptors (Lipinski definition) is 3. The van der Waals surface area contributed by atoms with E-state index in [0.717, 1.165) is 5.69 Å². The van der Waals surface area contributed by atoms with Crippen LogP contribution in [0.25, 0.3) is 0 Å². The Balaban J connectivity index is 2.97. The lowest BCUT2D eigenvalue weighted by atomic mass is 10.3. The molecule has 5 nitrogen and oxygen atoms in total. The number of hydrazine groups is 1. The Morgan fingerprint density at radius 3 is 2.82 bits per heavy atom. The molecule has 0 aliphatic rings. The number of aryl methyl sites for hydroxylation is 2. The first-order chi connectivity index (χ1) is 5.15. The lowest BCUT2D eigenvalue weighted by Gasteiger charge is -1.91. The van der Waals surface area contributed by atoms with Gasteiger partial charge >= 0.3 is 0 Å². The van der Waals surface area contributed by atoms with Gasteiger partial charge in [-0.25, -0.2) is 5.84 Å². The Morgan fingerprint density at radius 1 is 1.82 bits per heavy atom. The monoisotopic (exact) mass is 154 g/mol. The molecule has 60 valence electrons. The Kier molecular flexibility index (Phi) is 1.91. The standard InChI is InChI=1S/C6H10N4O/c1-4-3-5(6(11)8-7)9-10(4)2/h3H,7H2,1-2H3,(H,8,11). The molecular weight excluding hydrogens is 144 g/mol. The van der Waals surface area contributed by atoms with Gasteiger partial charge in [0.15, 0.2) is 5.69 Å². The van der Waals surface area contributed by atoms with Crippen LogP contribution < -0.4 is 11.3 Å². The number of amides is 1. The second-order valence-electron chi connectivity index (χ2n) is 2.27. The second kappa shape index (κ2) is 2.71. The van der Waals surface area contributed by atoms with Gasteiger partial charge in [0.2, 0.25) is 0 Å². The highest BCUT2D eigenvalue weighted by atomic mass is 16.2. The van der Waals surface area contributed by atoms with Crippen molar-refractivity contribution in [3.05, 3.63) is 17.5 Å². The average Bonchev–Trinajstić information content (AvgIpc) is 2.31. The molecule has 0 aliphatic heterocycles. The van der Waals surface area contributed by atoms with Crippen molar-refractivity contribution in [1.82, 2.24) is 15.2 Å². The van der Waals surface area contributed by atoms with Crippen LogP contribution in [0.1, 0.15) is 16.2 Å². The van der Waals surface area contributed by atoms with E-state index in [1.807, 2.05) is 12.3 Å². The number of hydrogen-bond donors (Lipinski definition) is 2. The molecule has 0 saturated carbocycles. The SMILES string of the molecule is Cc1cc(C(=O)NN)nn1C. The molecule has 3 N–H and O–H groups in total. The number of nitrogens with one attached hydrogen (secondary N) is 1. The van der Waals surface area contributed by atoms with E-state index >= 15 is 0 Å².